The number of anilines is 1. The monoisotopic (exact) mass is 364 g/mol. The van der Waals surface area contributed by atoms with Crippen molar-refractivity contribution >= 4 is 11.7 Å². The van der Waals surface area contributed by atoms with E-state index in [2.05, 4.69) is 16.0 Å². The SMILES string of the molecule is CCOc1ccc(CCC(=O)N2CCN(c3ncccc3C#N)CC2)cc1. The largest absolute Gasteiger partial charge is 0.494 e. The predicted octanol–water partition coefficient (Wildman–Crippen LogP) is 2.63. The number of aryl methyl sites for hydroxylation is 1. The summed E-state index contributed by atoms with van der Waals surface area (Å²) >= 11 is 0. The fourth-order valence-corrected chi connectivity index (χ4v) is 3.23. The minimum Gasteiger partial charge on any atom is -0.494 e. The zero-order valence-corrected chi connectivity index (χ0v) is 15.6. The Morgan fingerprint density at radius 2 is 1.93 bits per heavy atom. The lowest BCUT2D eigenvalue weighted by molar-refractivity contribution is -0.131. The number of nitrogens with zero attached hydrogens (tertiary/aromatic N) is 4. The van der Waals surface area contributed by atoms with E-state index in [1.165, 1.54) is 0 Å². The molecule has 1 amide bonds. The van der Waals surface area contributed by atoms with E-state index in [1.54, 1.807) is 18.3 Å². The number of carbonyl (C=O) groups excluding carboxylic acids is 1. The Morgan fingerprint density at radius 1 is 1.19 bits per heavy atom. The average molecular weight is 364 g/mol. The van der Waals surface area contributed by atoms with Crippen molar-refractivity contribution in [2.45, 2.75) is 19.8 Å². The fraction of sp³-hybridized carbons (Fsp3) is 0.381. The van der Waals surface area contributed by atoms with Crippen LogP contribution in [0.25, 0.3) is 0 Å². The van der Waals surface area contributed by atoms with Gasteiger partial charge in [0.25, 0.3) is 0 Å². The number of carbonyl (C=O) groups is 1. The number of piperazine rings is 1. The van der Waals surface area contributed by atoms with E-state index in [0.29, 0.717) is 50.6 Å². The smallest absolute Gasteiger partial charge is 0.223 e. The third-order valence-electron chi connectivity index (χ3n) is 4.70. The molecule has 1 aromatic carbocycles. The lowest BCUT2D eigenvalue weighted by Crippen LogP contribution is -2.49. The highest BCUT2D eigenvalue weighted by atomic mass is 16.5. The van der Waals surface area contributed by atoms with Gasteiger partial charge in [-0.3, -0.25) is 4.79 Å². The van der Waals surface area contributed by atoms with Crippen LogP contribution in [-0.4, -0.2) is 48.6 Å². The summed E-state index contributed by atoms with van der Waals surface area (Å²) in [5, 5.41) is 9.23. The maximum atomic E-state index is 12.5. The molecule has 1 fully saturated rings. The maximum Gasteiger partial charge on any atom is 0.223 e. The van der Waals surface area contributed by atoms with Gasteiger partial charge in [-0.05, 0) is 43.2 Å². The van der Waals surface area contributed by atoms with Gasteiger partial charge in [0.15, 0.2) is 0 Å². The van der Waals surface area contributed by atoms with Crippen molar-refractivity contribution < 1.29 is 9.53 Å². The zero-order chi connectivity index (χ0) is 19.1. The van der Waals surface area contributed by atoms with Gasteiger partial charge in [0.1, 0.15) is 17.6 Å². The van der Waals surface area contributed by atoms with Crippen LogP contribution in [0.15, 0.2) is 42.6 Å². The molecule has 0 radical (unpaired) electrons. The number of rotatable bonds is 6. The molecule has 2 heterocycles. The molecule has 6 heteroatoms. The molecule has 2 aromatic rings. The van der Waals surface area contributed by atoms with Crippen molar-refractivity contribution in [2.24, 2.45) is 0 Å². The molecule has 0 aliphatic carbocycles. The standard InChI is InChI=1S/C21H24N4O2/c1-2-27-19-8-5-17(6-9-19)7-10-20(26)24-12-14-25(15-13-24)21-18(16-22)4-3-11-23-21/h3-6,8-9,11H,2,7,10,12-15H2,1H3. The third-order valence-corrected chi connectivity index (χ3v) is 4.70. The molecule has 6 nitrogen and oxygen atoms in total. The summed E-state index contributed by atoms with van der Waals surface area (Å²) in [4.78, 5) is 20.8. The van der Waals surface area contributed by atoms with Crippen LogP contribution >= 0.6 is 0 Å². The quantitative estimate of drug-likeness (QED) is 0.788. The highest BCUT2D eigenvalue weighted by molar-refractivity contribution is 5.76. The first-order valence-electron chi connectivity index (χ1n) is 9.31. The van der Waals surface area contributed by atoms with Crippen molar-refractivity contribution in [1.29, 1.82) is 5.26 Å². The number of pyridine rings is 1. The molecule has 1 saturated heterocycles. The molecule has 0 spiro atoms. The van der Waals surface area contributed by atoms with Crippen molar-refractivity contribution in [3.8, 4) is 11.8 Å². The van der Waals surface area contributed by atoms with E-state index in [-0.39, 0.29) is 5.91 Å². The number of amides is 1. The van der Waals surface area contributed by atoms with E-state index in [1.807, 2.05) is 36.1 Å². The summed E-state index contributed by atoms with van der Waals surface area (Å²) in [7, 11) is 0. The summed E-state index contributed by atoms with van der Waals surface area (Å²) in [6.07, 6.45) is 2.93. The van der Waals surface area contributed by atoms with Crippen molar-refractivity contribution in [3.05, 3.63) is 53.7 Å². The first kappa shape index (κ1) is 18.7. The Morgan fingerprint density at radius 3 is 2.59 bits per heavy atom. The second-order valence-electron chi connectivity index (χ2n) is 6.43. The lowest BCUT2D eigenvalue weighted by atomic mass is 10.1. The lowest BCUT2D eigenvalue weighted by Gasteiger charge is -2.35. The van der Waals surface area contributed by atoms with Gasteiger partial charge in [0.2, 0.25) is 5.91 Å². The van der Waals surface area contributed by atoms with E-state index in [9.17, 15) is 10.1 Å². The molecule has 27 heavy (non-hydrogen) atoms. The van der Waals surface area contributed by atoms with Crippen LogP contribution in [0.3, 0.4) is 0 Å². The number of nitriles is 1. The Hall–Kier alpha value is -3.07. The predicted molar refractivity (Wildman–Crippen MR) is 104 cm³/mol. The molecule has 3 rings (SSSR count). The molecular formula is C21H24N4O2. The van der Waals surface area contributed by atoms with Crippen LogP contribution in [0.2, 0.25) is 0 Å². The molecule has 0 bridgehead atoms. The first-order chi connectivity index (χ1) is 13.2. The van der Waals surface area contributed by atoms with Crippen LogP contribution in [0.1, 0.15) is 24.5 Å². The highest BCUT2D eigenvalue weighted by Crippen LogP contribution is 2.19. The van der Waals surface area contributed by atoms with Gasteiger partial charge in [0, 0.05) is 38.8 Å². The van der Waals surface area contributed by atoms with Crippen LogP contribution < -0.4 is 9.64 Å². The number of ether oxygens (including phenoxy) is 1. The van der Waals surface area contributed by atoms with E-state index in [0.717, 1.165) is 17.7 Å². The Balaban J connectivity index is 1.49. The van der Waals surface area contributed by atoms with Crippen molar-refractivity contribution in [3.63, 3.8) is 0 Å². The molecule has 1 aromatic heterocycles. The molecule has 0 N–H and O–H groups in total. The van der Waals surface area contributed by atoms with Gasteiger partial charge in [-0.25, -0.2) is 4.98 Å². The maximum absolute atomic E-state index is 12.5. The summed E-state index contributed by atoms with van der Waals surface area (Å²) in [6, 6.07) is 13.6. The molecule has 0 atom stereocenters. The Labute approximate surface area is 160 Å². The first-order valence-corrected chi connectivity index (χ1v) is 9.31. The fourth-order valence-electron chi connectivity index (χ4n) is 3.23. The zero-order valence-electron chi connectivity index (χ0n) is 15.6. The number of hydrogen-bond acceptors (Lipinski definition) is 5. The van der Waals surface area contributed by atoms with E-state index >= 15 is 0 Å². The molecular weight excluding hydrogens is 340 g/mol. The Bertz CT molecular complexity index is 806. The van der Waals surface area contributed by atoms with Gasteiger partial charge in [-0.15, -0.1) is 0 Å². The second-order valence-corrected chi connectivity index (χ2v) is 6.43. The number of aromatic nitrogens is 1. The van der Waals surface area contributed by atoms with Gasteiger partial charge >= 0.3 is 0 Å². The van der Waals surface area contributed by atoms with Gasteiger partial charge in [-0.2, -0.15) is 5.26 Å². The van der Waals surface area contributed by atoms with Crippen LogP contribution in [0, 0.1) is 11.3 Å². The van der Waals surface area contributed by atoms with Crippen LogP contribution in [0.5, 0.6) is 5.75 Å². The van der Waals surface area contributed by atoms with E-state index in [4.69, 9.17) is 4.74 Å². The van der Waals surface area contributed by atoms with Crippen LogP contribution in [-0.2, 0) is 11.2 Å². The average Bonchev–Trinajstić information content (AvgIpc) is 2.73. The van der Waals surface area contributed by atoms with Crippen molar-refractivity contribution in [2.75, 3.05) is 37.7 Å². The third kappa shape index (κ3) is 4.76. The summed E-state index contributed by atoms with van der Waals surface area (Å²) in [6.45, 7) is 5.31. The molecule has 1 aliphatic heterocycles. The van der Waals surface area contributed by atoms with E-state index < -0.39 is 0 Å². The summed E-state index contributed by atoms with van der Waals surface area (Å²) in [5.74, 6) is 1.74. The normalized spacial score (nSPS) is 13.9. The second kappa shape index (κ2) is 9.04. The van der Waals surface area contributed by atoms with Gasteiger partial charge in [0.05, 0.1) is 12.2 Å². The minimum absolute atomic E-state index is 0.171. The number of hydrogen-bond donors (Lipinski definition) is 0. The molecule has 1 aliphatic rings. The summed E-state index contributed by atoms with van der Waals surface area (Å²) in [5.41, 5.74) is 1.71. The topological polar surface area (TPSA) is 69.5 Å². The highest BCUT2D eigenvalue weighted by Gasteiger charge is 2.23. The molecule has 0 unspecified atom stereocenters. The van der Waals surface area contributed by atoms with Crippen molar-refractivity contribution in [1.82, 2.24) is 9.88 Å². The van der Waals surface area contributed by atoms with Gasteiger partial charge in [-0.1, -0.05) is 12.1 Å². The van der Waals surface area contributed by atoms with Crippen LogP contribution in [0.4, 0.5) is 5.82 Å². The summed E-state index contributed by atoms with van der Waals surface area (Å²) < 4.78 is 5.44. The minimum atomic E-state index is 0.171. The Kier molecular flexibility index (Phi) is 6.26. The number of benzene rings is 1. The molecule has 140 valence electrons. The van der Waals surface area contributed by atoms with Gasteiger partial charge < -0.3 is 14.5 Å². The molecule has 0 saturated carbocycles.